The Bertz CT molecular complexity index is 471. The van der Waals surface area contributed by atoms with Crippen LogP contribution in [0.15, 0.2) is 6.07 Å². The van der Waals surface area contributed by atoms with Crippen molar-refractivity contribution in [1.29, 1.82) is 0 Å². The molecule has 0 amide bonds. The van der Waals surface area contributed by atoms with Gasteiger partial charge in [0.05, 0.1) is 6.61 Å². The van der Waals surface area contributed by atoms with E-state index in [-0.39, 0.29) is 0 Å². The van der Waals surface area contributed by atoms with Gasteiger partial charge in [0.1, 0.15) is 5.67 Å². The van der Waals surface area contributed by atoms with Crippen molar-refractivity contribution >= 4 is 11.3 Å². The number of ether oxygens (including phenoxy) is 1. The molecule has 0 unspecified atom stereocenters. The van der Waals surface area contributed by atoms with Crippen LogP contribution in [-0.4, -0.2) is 43.4 Å². The average molecular weight is 312 g/mol. The van der Waals surface area contributed by atoms with E-state index in [1.165, 1.54) is 10.4 Å². The van der Waals surface area contributed by atoms with E-state index in [1.807, 2.05) is 6.92 Å². The molecule has 1 N–H and O–H groups in total. The van der Waals surface area contributed by atoms with Crippen molar-refractivity contribution in [2.45, 2.75) is 44.8 Å². The Morgan fingerprint density at radius 2 is 2.24 bits per heavy atom. The van der Waals surface area contributed by atoms with Gasteiger partial charge in [-0.2, -0.15) is 0 Å². The van der Waals surface area contributed by atoms with Gasteiger partial charge in [0, 0.05) is 24.5 Å². The molecule has 1 saturated heterocycles. The van der Waals surface area contributed by atoms with E-state index in [0.717, 1.165) is 50.8 Å². The number of nitrogens with one attached hydrogen (secondary N) is 1. The van der Waals surface area contributed by atoms with Crippen LogP contribution in [0.2, 0.25) is 0 Å². The zero-order valence-electron chi connectivity index (χ0n) is 12.8. The van der Waals surface area contributed by atoms with Gasteiger partial charge in [-0.1, -0.05) is 0 Å². The molecule has 2 aliphatic heterocycles. The summed E-state index contributed by atoms with van der Waals surface area (Å²) in [5, 5.41) is 4.27. The smallest absolute Gasteiger partial charge is 0.174 e. The number of halogens is 1. The molecule has 0 atom stereocenters. The largest absolute Gasteiger partial charge is 0.484 e. The monoisotopic (exact) mass is 312 g/mol. The molecule has 3 heterocycles. The summed E-state index contributed by atoms with van der Waals surface area (Å²) < 4.78 is 20.2. The number of alkyl halides is 1. The Morgan fingerprint density at radius 1 is 1.43 bits per heavy atom. The topological polar surface area (TPSA) is 24.5 Å². The van der Waals surface area contributed by atoms with Crippen molar-refractivity contribution in [3.8, 4) is 5.06 Å². The van der Waals surface area contributed by atoms with E-state index in [0.29, 0.717) is 19.3 Å². The van der Waals surface area contributed by atoms with Gasteiger partial charge in [0.2, 0.25) is 0 Å². The first-order chi connectivity index (χ1) is 10.2. The van der Waals surface area contributed by atoms with Crippen LogP contribution in [0.3, 0.4) is 0 Å². The molecule has 21 heavy (non-hydrogen) atoms. The number of nitrogens with zero attached hydrogens (tertiary/aromatic N) is 1. The minimum absolute atomic E-state index is 0.666. The van der Waals surface area contributed by atoms with Gasteiger partial charge in [-0.05, 0) is 57.3 Å². The lowest BCUT2D eigenvalue weighted by atomic mass is 9.90. The summed E-state index contributed by atoms with van der Waals surface area (Å²) in [4.78, 5) is 3.85. The van der Waals surface area contributed by atoms with Crippen LogP contribution in [-0.2, 0) is 13.0 Å². The van der Waals surface area contributed by atoms with Gasteiger partial charge in [0.15, 0.2) is 5.06 Å². The number of hydrogen-bond donors (Lipinski definition) is 1. The van der Waals surface area contributed by atoms with Crippen LogP contribution in [0.4, 0.5) is 4.39 Å². The molecular weight excluding hydrogens is 287 g/mol. The van der Waals surface area contributed by atoms with Crippen molar-refractivity contribution in [2.75, 3.05) is 32.8 Å². The van der Waals surface area contributed by atoms with Gasteiger partial charge >= 0.3 is 0 Å². The first kappa shape index (κ1) is 15.3. The molecule has 3 rings (SSSR count). The summed E-state index contributed by atoms with van der Waals surface area (Å²) in [7, 11) is 0. The van der Waals surface area contributed by atoms with Crippen LogP contribution >= 0.6 is 11.3 Å². The van der Waals surface area contributed by atoms with Crippen molar-refractivity contribution < 1.29 is 9.13 Å². The van der Waals surface area contributed by atoms with Crippen molar-refractivity contribution in [3.05, 3.63) is 16.5 Å². The zero-order valence-corrected chi connectivity index (χ0v) is 13.6. The molecule has 2 aliphatic rings. The number of hydrogen-bond acceptors (Lipinski definition) is 4. The van der Waals surface area contributed by atoms with E-state index >= 15 is 0 Å². The summed E-state index contributed by atoms with van der Waals surface area (Å²) in [6.07, 6.45) is 3.08. The third-order valence-corrected chi connectivity index (χ3v) is 5.73. The van der Waals surface area contributed by atoms with E-state index in [2.05, 4.69) is 16.3 Å². The molecule has 5 heteroatoms. The number of fused-ring (bicyclic) bond motifs is 1. The molecule has 1 aromatic heterocycles. The molecule has 1 aromatic rings. The zero-order chi connectivity index (χ0) is 14.7. The Morgan fingerprint density at radius 3 is 3.00 bits per heavy atom. The molecule has 0 aliphatic carbocycles. The summed E-state index contributed by atoms with van der Waals surface area (Å²) in [6, 6.07) is 2.17. The normalized spacial score (nSPS) is 22.0. The van der Waals surface area contributed by atoms with Gasteiger partial charge < -0.3 is 10.1 Å². The average Bonchev–Trinajstić information content (AvgIpc) is 2.88. The Labute approximate surface area is 130 Å². The second kappa shape index (κ2) is 6.63. The molecule has 118 valence electrons. The number of thiophene rings is 1. The molecule has 0 saturated carbocycles. The standard InChI is InChI=1S/C16H25FN2OS/c1-2-20-15-11-13-12-19(9-3-14(13)21-15)10-6-16(17)4-7-18-8-5-16/h11,18H,2-10,12H2,1H3. The van der Waals surface area contributed by atoms with Crippen LogP contribution in [0.1, 0.15) is 36.6 Å². The van der Waals surface area contributed by atoms with Crippen LogP contribution < -0.4 is 10.1 Å². The second-order valence-corrected chi connectivity index (χ2v) is 7.22. The lowest BCUT2D eigenvalue weighted by Gasteiger charge is -2.33. The van der Waals surface area contributed by atoms with Gasteiger partial charge in [-0.25, -0.2) is 4.39 Å². The maximum absolute atomic E-state index is 14.6. The maximum atomic E-state index is 14.6. The Kier molecular flexibility index (Phi) is 4.82. The van der Waals surface area contributed by atoms with Crippen LogP contribution in [0, 0.1) is 0 Å². The summed E-state index contributed by atoms with van der Waals surface area (Å²) >= 11 is 1.78. The van der Waals surface area contributed by atoms with Gasteiger partial charge in [-0.15, -0.1) is 11.3 Å². The van der Waals surface area contributed by atoms with Gasteiger partial charge in [-0.3, -0.25) is 4.90 Å². The highest BCUT2D eigenvalue weighted by Crippen LogP contribution is 2.34. The minimum Gasteiger partial charge on any atom is -0.484 e. The van der Waals surface area contributed by atoms with Crippen molar-refractivity contribution in [2.24, 2.45) is 0 Å². The third-order valence-electron chi connectivity index (χ3n) is 4.59. The second-order valence-electron chi connectivity index (χ2n) is 6.12. The SMILES string of the molecule is CCOc1cc2c(s1)CCN(CCC1(F)CCNCC1)C2. The Hall–Kier alpha value is -0.650. The lowest BCUT2D eigenvalue weighted by molar-refractivity contribution is 0.0844. The molecule has 0 aromatic carbocycles. The molecule has 0 spiro atoms. The fourth-order valence-electron chi connectivity index (χ4n) is 3.25. The van der Waals surface area contributed by atoms with Crippen LogP contribution in [0.25, 0.3) is 0 Å². The fourth-order valence-corrected chi connectivity index (χ4v) is 4.32. The highest BCUT2D eigenvalue weighted by molar-refractivity contribution is 7.14. The summed E-state index contributed by atoms with van der Waals surface area (Å²) in [5.41, 5.74) is 0.435. The number of piperidine rings is 1. The van der Waals surface area contributed by atoms with E-state index < -0.39 is 5.67 Å². The van der Waals surface area contributed by atoms with E-state index in [9.17, 15) is 4.39 Å². The summed E-state index contributed by atoms with van der Waals surface area (Å²) in [5.74, 6) is 0. The number of rotatable bonds is 5. The minimum atomic E-state index is -0.948. The highest BCUT2D eigenvalue weighted by atomic mass is 32.1. The molecule has 3 nitrogen and oxygen atoms in total. The van der Waals surface area contributed by atoms with Gasteiger partial charge in [0.25, 0.3) is 0 Å². The van der Waals surface area contributed by atoms with Crippen molar-refractivity contribution in [3.63, 3.8) is 0 Å². The van der Waals surface area contributed by atoms with E-state index in [1.54, 1.807) is 11.3 Å². The lowest BCUT2D eigenvalue weighted by Crippen LogP contribution is -2.41. The fraction of sp³-hybridized carbons (Fsp3) is 0.750. The quantitative estimate of drug-likeness (QED) is 0.904. The molecular formula is C16H25FN2OS. The molecule has 0 bridgehead atoms. The summed E-state index contributed by atoms with van der Waals surface area (Å²) in [6.45, 7) is 7.26. The predicted molar refractivity (Wildman–Crippen MR) is 85.0 cm³/mol. The third kappa shape index (κ3) is 3.76. The van der Waals surface area contributed by atoms with E-state index in [4.69, 9.17) is 4.74 Å². The predicted octanol–water partition coefficient (Wildman–Crippen LogP) is 2.99. The molecule has 0 radical (unpaired) electrons. The maximum Gasteiger partial charge on any atom is 0.174 e. The molecule has 1 fully saturated rings. The van der Waals surface area contributed by atoms with Crippen LogP contribution in [0.5, 0.6) is 5.06 Å². The first-order valence-corrected chi connectivity index (χ1v) is 8.86. The first-order valence-electron chi connectivity index (χ1n) is 8.05. The Balaban J connectivity index is 1.53. The highest BCUT2D eigenvalue weighted by Gasteiger charge is 2.32. The van der Waals surface area contributed by atoms with Crippen molar-refractivity contribution in [1.82, 2.24) is 10.2 Å².